The number of nitrogens with zero attached hydrogens (tertiary/aromatic N) is 3. The van der Waals surface area contributed by atoms with Crippen molar-refractivity contribution in [2.75, 3.05) is 13.1 Å². The Balaban J connectivity index is 2.46. The average molecular weight is 288 g/mol. The van der Waals surface area contributed by atoms with Crippen LogP contribution in [0.15, 0.2) is 30.3 Å². The van der Waals surface area contributed by atoms with Gasteiger partial charge in [0.1, 0.15) is 5.15 Å². The molecular weight excluding hydrogens is 274 g/mol. The zero-order chi connectivity index (χ0) is 14.5. The van der Waals surface area contributed by atoms with Gasteiger partial charge in [0.2, 0.25) is 0 Å². The highest BCUT2D eigenvalue weighted by atomic mass is 35.5. The predicted octanol–water partition coefficient (Wildman–Crippen LogP) is 3.26. The highest BCUT2D eigenvalue weighted by Gasteiger charge is 2.17. The van der Waals surface area contributed by atoms with Gasteiger partial charge in [-0.05, 0) is 19.1 Å². The van der Waals surface area contributed by atoms with Gasteiger partial charge in [-0.3, -0.25) is 4.79 Å². The summed E-state index contributed by atoms with van der Waals surface area (Å²) in [5, 5.41) is 9.73. The molecule has 102 valence electrons. The van der Waals surface area contributed by atoms with E-state index < -0.39 is 0 Å². The first-order valence-corrected chi connectivity index (χ1v) is 6.76. The van der Waals surface area contributed by atoms with Crippen LogP contribution in [0.25, 0.3) is 10.9 Å². The highest BCUT2D eigenvalue weighted by Crippen LogP contribution is 2.22. The standard InChI is InChI=1S/C15H14ClN3O/c1-2-19(9-5-8-17)15(20)12-10-14(16)18-13-7-4-3-6-11(12)13/h3-4,6-7,10H,2,5,9H2,1H3. The van der Waals surface area contributed by atoms with Gasteiger partial charge in [0, 0.05) is 18.5 Å². The molecule has 0 saturated carbocycles. The zero-order valence-corrected chi connectivity index (χ0v) is 11.9. The normalized spacial score (nSPS) is 10.2. The monoisotopic (exact) mass is 287 g/mol. The number of nitriles is 1. The van der Waals surface area contributed by atoms with E-state index in [-0.39, 0.29) is 5.91 Å². The zero-order valence-electron chi connectivity index (χ0n) is 11.1. The summed E-state index contributed by atoms with van der Waals surface area (Å²) in [6, 6.07) is 11.0. The van der Waals surface area contributed by atoms with Crippen molar-refractivity contribution in [2.45, 2.75) is 13.3 Å². The smallest absolute Gasteiger partial charge is 0.254 e. The number of hydrogen-bond acceptors (Lipinski definition) is 3. The third-order valence-electron chi connectivity index (χ3n) is 3.08. The molecule has 1 aromatic carbocycles. The molecule has 0 N–H and O–H groups in total. The van der Waals surface area contributed by atoms with E-state index in [0.29, 0.717) is 35.7 Å². The Morgan fingerprint density at radius 1 is 1.45 bits per heavy atom. The van der Waals surface area contributed by atoms with Crippen molar-refractivity contribution in [3.63, 3.8) is 0 Å². The Kier molecular flexibility index (Phi) is 4.54. The minimum atomic E-state index is -0.122. The Morgan fingerprint density at radius 3 is 2.90 bits per heavy atom. The quantitative estimate of drug-likeness (QED) is 0.811. The van der Waals surface area contributed by atoms with E-state index in [9.17, 15) is 4.79 Å². The molecule has 1 amide bonds. The molecule has 1 aromatic heterocycles. The van der Waals surface area contributed by atoms with E-state index in [1.165, 1.54) is 0 Å². The van der Waals surface area contributed by atoms with Gasteiger partial charge in [-0.1, -0.05) is 29.8 Å². The number of benzene rings is 1. The van der Waals surface area contributed by atoms with Crippen LogP contribution in [0.3, 0.4) is 0 Å². The number of halogens is 1. The first-order valence-electron chi connectivity index (χ1n) is 6.39. The molecule has 2 aromatic rings. The highest BCUT2D eigenvalue weighted by molar-refractivity contribution is 6.30. The lowest BCUT2D eigenvalue weighted by molar-refractivity contribution is 0.0769. The lowest BCUT2D eigenvalue weighted by Gasteiger charge is -2.20. The number of carbonyl (C=O) groups excluding carboxylic acids is 1. The first kappa shape index (κ1) is 14.3. The molecule has 2 rings (SSSR count). The summed E-state index contributed by atoms with van der Waals surface area (Å²) in [5.74, 6) is -0.122. The fourth-order valence-corrected chi connectivity index (χ4v) is 2.28. The van der Waals surface area contributed by atoms with Crippen LogP contribution in [0.5, 0.6) is 0 Å². The SMILES string of the molecule is CCN(CCC#N)C(=O)c1cc(Cl)nc2ccccc12. The molecule has 5 heteroatoms. The van der Waals surface area contributed by atoms with E-state index in [0.717, 1.165) is 5.39 Å². The van der Waals surface area contributed by atoms with Crippen LogP contribution in [0, 0.1) is 11.3 Å². The second kappa shape index (κ2) is 6.36. The summed E-state index contributed by atoms with van der Waals surface area (Å²) in [4.78, 5) is 18.4. The Morgan fingerprint density at radius 2 is 2.20 bits per heavy atom. The molecular formula is C15H14ClN3O. The van der Waals surface area contributed by atoms with Crippen molar-refractivity contribution in [1.29, 1.82) is 5.26 Å². The second-order valence-electron chi connectivity index (χ2n) is 4.30. The Hall–Kier alpha value is -2.12. The third kappa shape index (κ3) is 2.89. The molecule has 0 atom stereocenters. The first-order chi connectivity index (χ1) is 9.67. The average Bonchev–Trinajstić information content (AvgIpc) is 2.46. The Labute approximate surface area is 122 Å². The van der Waals surface area contributed by atoms with E-state index in [4.69, 9.17) is 16.9 Å². The molecule has 0 radical (unpaired) electrons. The largest absolute Gasteiger partial charge is 0.338 e. The van der Waals surface area contributed by atoms with E-state index in [1.807, 2.05) is 31.2 Å². The number of rotatable bonds is 4. The molecule has 0 unspecified atom stereocenters. The summed E-state index contributed by atoms with van der Waals surface area (Å²) < 4.78 is 0. The maximum Gasteiger partial charge on any atom is 0.254 e. The maximum absolute atomic E-state index is 12.6. The topological polar surface area (TPSA) is 57.0 Å². The number of para-hydroxylation sites is 1. The van der Waals surface area contributed by atoms with Gasteiger partial charge in [0.25, 0.3) is 5.91 Å². The predicted molar refractivity (Wildman–Crippen MR) is 78.6 cm³/mol. The summed E-state index contributed by atoms with van der Waals surface area (Å²) >= 11 is 5.99. The van der Waals surface area contributed by atoms with E-state index in [2.05, 4.69) is 11.1 Å². The van der Waals surface area contributed by atoms with Crippen LogP contribution >= 0.6 is 11.6 Å². The van der Waals surface area contributed by atoms with Gasteiger partial charge < -0.3 is 4.90 Å². The van der Waals surface area contributed by atoms with Crippen molar-refractivity contribution in [3.05, 3.63) is 41.0 Å². The summed E-state index contributed by atoms with van der Waals surface area (Å²) in [6.45, 7) is 2.86. The number of aromatic nitrogens is 1. The third-order valence-corrected chi connectivity index (χ3v) is 3.27. The molecule has 0 fully saturated rings. The minimum absolute atomic E-state index is 0.122. The molecule has 0 aliphatic rings. The van der Waals surface area contributed by atoms with Crippen LogP contribution in [0.4, 0.5) is 0 Å². The van der Waals surface area contributed by atoms with E-state index in [1.54, 1.807) is 11.0 Å². The van der Waals surface area contributed by atoms with Gasteiger partial charge in [0.15, 0.2) is 0 Å². The maximum atomic E-state index is 12.6. The van der Waals surface area contributed by atoms with Crippen LogP contribution in [-0.2, 0) is 0 Å². The van der Waals surface area contributed by atoms with Crippen molar-refractivity contribution < 1.29 is 4.79 Å². The molecule has 0 spiro atoms. The number of fused-ring (bicyclic) bond motifs is 1. The van der Waals surface area contributed by atoms with Crippen molar-refractivity contribution in [3.8, 4) is 6.07 Å². The molecule has 1 heterocycles. The summed E-state index contributed by atoms with van der Waals surface area (Å²) in [7, 11) is 0. The minimum Gasteiger partial charge on any atom is -0.338 e. The molecule has 20 heavy (non-hydrogen) atoms. The second-order valence-corrected chi connectivity index (χ2v) is 4.69. The van der Waals surface area contributed by atoms with Crippen LogP contribution < -0.4 is 0 Å². The van der Waals surface area contributed by atoms with E-state index >= 15 is 0 Å². The molecule has 0 saturated heterocycles. The van der Waals surface area contributed by atoms with Gasteiger partial charge >= 0.3 is 0 Å². The van der Waals surface area contributed by atoms with Crippen LogP contribution in [0.1, 0.15) is 23.7 Å². The van der Waals surface area contributed by atoms with Crippen LogP contribution in [0.2, 0.25) is 5.15 Å². The van der Waals surface area contributed by atoms with Gasteiger partial charge in [0.05, 0.1) is 23.6 Å². The fraction of sp³-hybridized carbons (Fsp3) is 0.267. The molecule has 0 bridgehead atoms. The van der Waals surface area contributed by atoms with Gasteiger partial charge in [-0.15, -0.1) is 0 Å². The van der Waals surface area contributed by atoms with Crippen LogP contribution in [-0.4, -0.2) is 28.9 Å². The number of hydrogen-bond donors (Lipinski definition) is 0. The Bertz CT molecular complexity index is 678. The molecule has 4 nitrogen and oxygen atoms in total. The lowest BCUT2D eigenvalue weighted by Crippen LogP contribution is -2.31. The summed E-state index contributed by atoms with van der Waals surface area (Å²) in [5.41, 5.74) is 1.22. The van der Waals surface area contributed by atoms with Crippen molar-refractivity contribution in [1.82, 2.24) is 9.88 Å². The molecule has 0 aliphatic heterocycles. The fourth-order valence-electron chi connectivity index (χ4n) is 2.08. The number of pyridine rings is 1. The molecule has 0 aliphatic carbocycles. The summed E-state index contributed by atoms with van der Waals surface area (Å²) in [6.07, 6.45) is 0.316. The van der Waals surface area contributed by atoms with Crippen molar-refractivity contribution >= 4 is 28.4 Å². The van der Waals surface area contributed by atoms with Crippen molar-refractivity contribution in [2.24, 2.45) is 0 Å². The number of amides is 1. The van der Waals surface area contributed by atoms with Gasteiger partial charge in [-0.2, -0.15) is 5.26 Å². The number of carbonyl (C=O) groups is 1. The lowest BCUT2D eigenvalue weighted by atomic mass is 10.1. The van der Waals surface area contributed by atoms with Gasteiger partial charge in [-0.25, -0.2) is 4.98 Å².